The largest absolute Gasteiger partial charge is 0.480 e. The van der Waals surface area contributed by atoms with Crippen molar-refractivity contribution < 1.29 is 14.7 Å². The van der Waals surface area contributed by atoms with Crippen molar-refractivity contribution in [3.05, 3.63) is 12.4 Å². The van der Waals surface area contributed by atoms with Crippen LogP contribution in [0.5, 0.6) is 0 Å². The van der Waals surface area contributed by atoms with Gasteiger partial charge in [0.1, 0.15) is 6.54 Å². The molecule has 1 saturated heterocycles. The fourth-order valence-electron chi connectivity index (χ4n) is 3.55. The number of aliphatic carboxylic acids is 1. The molecular weight excluding hydrogens is 272 g/mol. The van der Waals surface area contributed by atoms with E-state index in [2.05, 4.69) is 10.4 Å². The Balaban J connectivity index is 1.62. The molecule has 0 spiro atoms. The first kappa shape index (κ1) is 13.9. The van der Waals surface area contributed by atoms with Gasteiger partial charge in [-0.1, -0.05) is 6.42 Å². The number of carbonyl (C=O) groups is 2. The minimum Gasteiger partial charge on any atom is -0.480 e. The molecule has 1 aliphatic heterocycles. The van der Waals surface area contributed by atoms with E-state index in [0.717, 1.165) is 19.4 Å². The minimum absolute atomic E-state index is 0.0959. The zero-order valence-corrected chi connectivity index (χ0v) is 11.9. The maximum atomic E-state index is 12.4. The summed E-state index contributed by atoms with van der Waals surface area (Å²) in [5, 5.41) is 15.5. The Morgan fingerprint density at radius 2 is 2.14 bits per heavy atom. The molecule has 2 atom stereocenters. The van der Waals surface area contributed by atoms with Gasteiger partial charge in [0.05, 0.1) is 11.9 Å². The van der Waals surface area contributed by atoms with Crippen molar-refractivity contribution in [2.75, 3.05) is 11.9 Å². The highest BCUT2D eigenvalue weighted by Crippen LogP contribution is 2.36. The van der Waals surface area contributed by atoms with Crippen LogP contribution in [0.4, 0.5) is 10.5 Å². The monoisotopic (exact) mass is 292 g/mol. The Morgan fingerprint density at radius 1 is 1.33 bits per heavy atom. The number of nitrogens with zero attached hydrogens (tertiary/aromatic N) is 3. The summed E-state index contributed by atoms with van der Waals surface area (Å²) in [5.41, 5.74) is 0.543. The summed E-state index contributed by atoms with van der Waals surface area (Å²) in [4.78, 5) is 25.0. The zero-order valence-electron chi connectivity index (χ0n) is 11.9. The maximum absolute atomic E-state index is 12.4. The van der Waals surface area contributed by atoms with Crippen LogP contribution in [0.2, 0.25) is 0 Å². The normalized spacial score (nSPS) is 24.7. The van der Waals surface area contributed by atoms with Gasteiger partial charge in [-0.3, -0.25) is 9.48 Å². The molecule has 1 aromatic heterocycles. The summed E-state index contributed by atoms with van der Waals surface area (Å²) < 4.78 is 1.30. The van der Waals surface area contributed by atoms with Gasteiger partial charge in [0.2, 0.25) is 0 Å². The number of aromatic nitrogens is 2. The molecule has 3 rings (SSSR count). The van der Waals surface area contributed by atoms with Crippen LogP contribution in [0.1, 0.15) is 32.1 Å². The number of piperidine rings is 1. The van der Waals surface area contributed by atoms with Crippen LogP contribution in [0.25, 0.3) is 0 Å². The van der Waals surface area contributed by atoms with Crippen molar-refractivity contribution in [2.45, 2.75) is 44.7 Å². The number of hydrogen-bond donors (Lipinski definition) is 2. The lowest BCUT2D eigenvalue weighted by molar-refractivity contribution is -0.137. The van der Waals surface area contributed by atoms with Crippen LogP contribution in [0.15, 0.2) is 12.4 Å². The smallest absolute Gasteiger partial charge is 0.325 e. The first-order valence-electron chi connectivity index (χ1n) is 7.45. The molecular formula is C14H20N4O3. The van der Waals surface area contributed by atoms with Gasteiger partial charge in [0.15, 0.2) is 0 Å². The lowest BCUT2D eigenvalue weighted by atomic mass is 9.92. The number of anilines is 1. The third-order valence-corrected chi connectivity index (χ3v) is 4.44. The van der Waals surface area contributed by atoms with E-state index in [1.807, 2.05) is 4.90 Å². The zero-order chi connectivity index (χ0) is 14.8. The van der Waals surface area contributed by atoms with Gasteiger partial charge in [0, 0.05) is 18.8 Å². The first-order chi connectivity index (χ1) is 10.1. The molecule has 0 aromatic carbocycles. The number of rotatable bonds is 3. The molecule has 0 bridgehead atoms. The van der Waals surface area contributed by atoms with Crippen LogP contribution in [0, 0.1) is 5.92 Å². The Kier molecular flexibility index (Phi) is 3.81. The molecule has 2 unspecified atom stereocenters. The second kappa shape index (κ2) is 5.75. The predicted molar refractivity (Wildman–Crippen MR) is 76.0 cm³/mol. The minimum atomic E-state index is -0.958. The van der Waals surface area contributed by atoms with E-state index in [0.29, 0.717) is 17.6 Å². The second-order valence-electron chi connectivity index (χ2n) is 5.84. The molecule has 21 heavy (non-hydrogen) atoms. The summed E-state index contributed by atoms with van der Waals surface area (Å²) in [6, 6.07) is 0.272. The predicted octanol–water partition coefficient (Wildman–Crippen LogP) is 1.76. The van der Waals surface area contributed by atoms with E-state index in [1.54, 1.807) is 6.20 Å². The van der Waals surface area contributed by atoms with Crippen molar-refractivity contribution in [3.63, 3.8) is 0 Å². The molecule has 2 N–H and O–H groups in total. The van der Waals surface area contributed by atoms with Crippen LogP contribution in [0.3, 0.4) is 0 Å². The van der Waals surface area contributed by atoms with E-state index >= 15 is 0 Å². The topological polar surface area (TPSA) is 87.5 Å². The number of fused-ring (bicyclic) bond motifs is 1. The fourth-order valence-corrected chi connectivity index (χ4v) is 3.55. The van der Waals surface area contributed by atoms with Gasteiger partial charge in [0.25, 0.3) is 0 Å². The highest BCUT2D eigenvalue weighted by atomic mass is 16.4. The highest BCUT2D eigenvalue weighted by molar-refractivity contribution is 5.89. The first-order valence-corrected chi connectivity index (χ1v) is 7.45. The summed E-state index contributed by atoms with van der Waals surface area (Å²) >= 11 is 0. The molecule has 2 amide bonds. The molecule has 2 fully saturated rings. The quantitative estimate of drug-likeness (QED) is 0.888. The standard InChI is InChI=1S/C14H20N4O3/c19-13(20)9-17-8-11(7-15-17)16-14(21)18-6-2-4-10-3-1-5-12(10)18/h7-8,10,12H,1-6,9H2,(H,16,21)(H,19,20). The molecule has 0 radical (unpaired) electrons. The number of carbonyl (C=O) groups excluding carboxylic acids is 1. The van der Waals surface area contributed by atoms with Gasteiger partial charge in [-0.15, -0.1) is 0 Å². The summed E-state index contributed by atoms with van der Waals surface area (Å²) in [6.07, 6.45) is 8.84. The Hall–Kier alpha value is -2.05. The molecule has 2 heterocycles. The molecule has 114 valence electrons. The molecule has 1 aliphatic carbocycles. The molecule has 1 aromatic rings. The average Bonchev–Trinajstić information content (AvgIpc) is 3.06. The summed E-state index contributed by atoms with van der Waals surface area (Å²) in [5.74, 6) is -0.306. The van der Waals surface area contributed by atoms with Crippen LogP contribution >= 0.6 is 0 Å². The van der Waals surface area contributed by atoms with Gasteiger partial charge >= 0.3 is 12.0 Å². The van der Waals surface area contributed by atoms with E-state index in [4.69, 9.17) is 5.11 Å². The van der Waals surface area contributed by atoms with Gasteiger partial charge in [-0.05, 0) is 31.6 Å². The van der Waals surface area contributed by atoms with Crippen molar-refractivity contribution in [1.82, 2.24) is 14.7 Å². The highest BCUT2D eigenvalue weighted by Gasteiger charge is 2.37. The van der Waals surface area contributed by atoms with E-state index in [1.165, 1.54) is 30.1 Å². The van der Waals surface area contributed by atoms with E-state index in [9.17, 15) is 9.59 Å². The maximum Gasteiger partial charge on any atom is 0.325 e. The molecule has 2 aliphatic rings. The van der Waals surface area contributed by atoms with Crippen LogP contribution in [-0.2, 0) is 11.3 Å². The third-order valence-electron chi connectivity index (χ3n) is 4.44. The molecule has 7 nitrogen and oxygen atoms in total. The number of carboxylic acid groups (broad SMARTS) is 1. The number of urea groups is 1. The Morgan fingerprint density at radius 3 is 2.95 bits per heavy atom. The van der Waals surface area contributed by atoms with Crippen molar-refractivity contribution in [3.8, 4) is 0 Å². The van der Waals surface area contributed by atoms with Gasteiger partial charge in [-0.2, -0.15) is 5.10 Å². The average molecular weight is 292 g/mol. The second-order valence-corrected chi connectivity index (χ2v) is 5.84. The van der Waals surface area contributed by atoms with Crippen molar-refractivity contribution in [2.24, 2.45) is 5.92 Å². The molecule has 1 saturated carbocycles. The lowest BCUT2D eigenvalue weighted by Crippen LogP contribution is -2.48. The Bertz CT molecular complexity index is 542. The van der Waals surface area contributed by atoms with Crippen LogP contribution in [-0.4, -0.2) is 44.4 Å². The van der Waals surface area contributed by atoms with Crippen LogP contribution < -0.4 is 5.32 Å². The van der Waals surface area contributed by atoms with Crippen molar-refractivity contribution in [1.29, 1.82) is 0 Å². The van der Waals surface area contributed by atoms with E-state index in [-0.39, 0.29) is 12.6 Å². The number of amides is 2. The number of hydrogen-bond acceptors (Lipinski definition) is 3. The third kappa shape index (κ3) is 3.01. The fraction of sp³-hybridized carbons (Fsp3) is 0.643. The number of likely N-dealkylation sites (tertiary alicyclic amines) is 1. The van der Waals surface area contributed by atoms with Crippen molar-refractivity contribution >= 4 is 17.7 Å². The lowest BCUT2D eigenvalue weighted by Gasteiger charge is -2.37. The molecule has 7 heteroatoms. The SMILES string of the molecule is O=C(O)Cn1cc(NC(=O)N2CCCC3CCCC32)cn1. The van der Waals surface area contributed by atoms with E-state index < -0.39 is 5.97 Å². The number of nitrogens with one attached hydrogen (secondary N) is 1. The summed E-state index contributed by atoms with van der Waals surface area (Å²) in [6.45, 7) is 0.598. The summed E-state index contributed by atoms with van der Waals surface area (Å²) in [7, 11) is 0. The van der Waals surface area contributed by atoms with Gasteiger partial charge < -0.3 is 15.3 Å². The van der Waals surface area contributed by atoms with Gasteiger partial charge in [-0.25, -0.2) is 4.79 Å². The Labute approximate surface area is 122 Å². The number of carboxylic acids is 1.